The summed E-state index contributed by atoms with van der Waals surface area (Å²) in [6, 6.07) is 9.45. The van der Waals surface area contributed by atoms with E-state index in [2.05, 4.69) is 25.3 Å². The molecule has 0 aliphatic carbocycles. The number of anilines is 2. The normalized spacial score (nSPS) is 16.7. The van der Waals surface area contributed by atoms with Gasteiger partial charge in [0, 0.05) is 56.1 Å². The standard InChI is InChI=1S/C22H22N6O/c29-20(9-8-17-5-3-10-23-15-17)28-14-4-6-18(16-28)21-22(26-13-12-25-21)27-19-7-1-2-11-24-19/h1-3,5,7-13,15,18H,4,6,14,16H2,(H,24,26,27)/b9-8+. The number of nitrogens with zero attached hydrogens (tertiary/aromatic N) is 5. The zero-order chi connectivity index (χ0) is 19.9. The Kier molecular flexibility index (Phi) is 5.85. The molecule has 146 valence electrons. The Morgan fingerprint density at radius 3 is 2.83 bits per heavy atom. The highest BCUT2D eigenvalue weighted by Crippen LogP contribution is 2.30. The van der Waals surface area contributed by atoms with E-state index in [1.165, 1.54) is 0 Å². The second kappa shape index (κ2) is 9.05. The van der Waals surface area contributed by atoms with Crippen molar-refractivity contribution in [1.82, 2.24) is 24.8 Å². The van der Waals surface area contributed by atoms with Crippen molar-refractivity contribution in [3.8, 4) is 0 Å². The van der Waals surface area contributed by atoms with Crippen LogP contribution in [0.15, 0.2) is 67.4 Å². The van der Waals surface area contributed by atoms with Crippen LogP contribution in [0.3, 0.4) is 0 Å². The number of amides is 1. The zero-order valence-electron chi connectivity index (χ0n) is 16.0. The van der Waals surface area contributed by atoms with E-state index in [0.717, 1.165) is 36.5 Å². The Balaban J connectivity index is 1.47. The van der Waals surface area contributed by atoms with Gasteiger partial charge in [0.2, 0.25) is 5.91 Å². The van der Waals surface area contributed by atoms with Crippen molar-refractivity contribution in [2.75, 3.05) is 18.4 Å². The van der Waals surface area contributed by atoms with Crippen molar-refractivity contribution in [2.45, 2.75) is 18.8 Å². The molecular formula is C22H22N6O. The summed E-state index contributed by atoms with van der Waals surface area (Å²) in [5.74, 6) is 1.54. The number of piperidine rings is 1. The minimum Gasteiger partial charge on any atom is -0.338 e. The summed E-state index contributed by atoms with van der Waals surface area (Å²) in [5.41, 5.74) is 1.78. The minimum absolute atomic E-state index is 0.00155. The molecule has 0 saturated carbocycles. The molecule has 4 heterocycles. The molecule has 7 nitrogen and oxygen atoms in total. The highest BCUT2D eigenvalue weighted by molar-refractivity contribution is 5.91. The van der Waals surface area contributed by atoms with Crippen LogP contribution in [0.4, 0.5) is 11.6 Å². The molecule has 1 aliphatic rings. The average Bonchev–Trinajstić information content (AvgIpc) is 2.79. The monoisotopic (exact) mass is 386 g/mol. The largest absolute Gasteiger partial charge is 0.338 e. The van der Waals surface area contributed by atoms with Crippen LogP contribution in [-0.4, -0.2) is 43.8 Å². The molecule has 29 heavy (non-hydrogen) atoms. The lowest BCUT2D eigenvalue weighted by atomic mass is 9.94. The van der Waals surface area contributed by atoms with Gasteiger partial charge in [0.25, 0.3) is 0 Å². The summed E-state index contributed by atoms with van der Waals surface area (Å²) in [6.45, 7) is 1.36. The van der Waals surface area contributed by atoms with Gasteiger partial charge in [-0.2, -0.15) is 0 Å². The number of nitrogens with one attached hydrogen (secondary N) is 1. The topological polar surface area (TPSA) is 83.9 Å². The lowest BCUT2D eigenvalue weighted by molar-refractivity contribution is -0.127. The van der Waals surface area contributed by atoms with Crippen LogP contribution in [-0.2, 0) is 4.79 Å². The van der Waals surface area contributed by atoms with Gasteiger partial charge in [-0.15, -0.1) is 0 Å². The number of hydrogen-bond acceptors (Lipinski definition) is 6. The molecule has 1 atom stereocenters. The smallest absolute Gasteiger partial charge is 0.246 e. The Bertz CT molecular complexity index is 977. The van der Waals surface area contributed by atoms with Gasteiger partial charge in [0.15, 0.2) is 5.82 Å². The van der Waals surface area contributed by atoms with Crippen molar-refractivity contribution in [2.24, 2.45) is 0 Å². The SMILES string of the molecule is O=C(/C=C/c1cccnc1)N1CCCC(c2nccnc2Nc2ccccn2)C1. The third kappa shape index (κ3) is 4.82. The second-order valence-corrected chi connectivity index (χ2v) is 6.87. The first-order valence-corrected chi connectivity index (χ1v) is 9.65. The Hall–Kier alpha value is -3.61. The highest BCUT2D eigenvalue weighted by Gasteiger charge is 2.27. The number of carbonyl (C=O) groups is 1. The molecule has 0 spiro atoms. The van der Waals surface area contributed by atoms with Crippen molar-refractivity contribution >= 4 is 23.6 Å². The number of carbonyl (C=O) groups excluding carboxylic acids is 1. The van der Waals surface area contributed by atoms with E-state index in [1.807, 2.05) is 35.2 Å². The van der Waals surface area contributed by atoms with Crippen molar-refractivity contribution in [1.29, 1.82) is 0 Å². The van der Waals surface area contributed by atoms with Gasteiger partial charge in [-0.3, -0.25) is 14.8 Å². The molecule has 3 aromatic heterocycles. The number of aromatic nitrogens is 4. The summed E-state index contributed by atoms with van der Waals surface area (Å²) in [4.78, 5) is 31.9. The molecule has 1 fully saturated rings. The summed E-state index contributed by atoms with van der Waals surface area (Å²) in [7, 11) is 0. The maximum Gasteiger partial charge on any atom is 0.246 e. The molecule has 0 aromatic carbocycles. The van der Waals surface area contributed by atoms with Crippen molar-refractivity contribution in [3.63, 3.8) is 0 Å². The molecule has 1 amide bonds. The van der Waals surface area contributed by atoms with E-state index in [0.29, 0.717) is 12.4 Å². The maximum atomic E-state index is 12.7. The highest BCUT2D eigenvalue weighted by atomic mass is 16.2. The molecule has 3 aromatic rings. The molecule has 1 N–H and O–H groups in total. The summed E-state index contributed by atoms with van der Waals surface area (Å²) in [5, 5.41) is 3.25. The van der Waals surface area contributed by atoms with Crippen molar-refractivity contribution in [3.05, 3.63) is 78.6 Å². The summed E-state index contributed by atoms with van der Waals surface area (Å²) < 4.78 is 0. The van der Waals surface area contributed by atoms with E-state index < -0.39 is 0 Å². The van der Waals surface area contributed by atoms with Gasteiger partial charge in [-0.05, 0) is 42.7 Å². The van der Waals surface area contributed by atoms with E-state index >= 15 is 0 Å². The molecule has 4 rings (SSSR count). The molecule has 0 radical (unpaired) electrons. The number of likely N-dealkylation sites (tertiary alicyclic amines) is 1. The zero-order valence-corrected chi connectivity index (χ0v) is 16.0. The Morgan fingerprint density at radius 1 is 1.07 bits per heavy atom. The molecular weight excluding hydrogens is 364 g/mol. The van der Waals surface area contributed by atoms with E-state index in [9.17, 15) is 4.79 Å². The van der Waals surface area contributed by atoms with E-state index in [4.69, 9.17) is 0 Å². The van der Waals surface area contributed by atoms with Crippen LogP contribution >= 0.6 is 0 Å². The summed E-state index contributed by atoms with van der Waals surface area (Å²) in [6.07, 6.45) is 13.8. The van der Waals surface area contributed by atoms with Gasteiger partial charge in [-0.1, -0.05) is 12.1 Å². The van der Waals surface area contributed by atoms with Gasteiger partial charge in [-0.25, -0.2) is 9.97 Å². The third-order valence-electron chi connectivity index (χ3n) is 4.86. The summed E-state index contributed by atoms with van der Waals surface area (Å²) >= 11 is 0. The Morgan fingerprint density at radius 2 is 2.00 bits per heavy atom. The number of hydrogen-bond donors (Lipinski definition) is 1. The third-order valence-corrected chi connectivity index (χ3v) is 4.86. The number of rotatable bonds is 5. The van der Waals surface area contributed by atoms with E-state index in [-0.39, 0.29) is 11.8 Å². The molecule has 1 unspecified atom stereocenters. The molecule has 1 saturated heterocycles. The quantitative estimate of drug-likeness (QED) is 0.677. The average molecular weight is 386 g/mol. The van der Waals surface area contributed by atoms with Crippen LogP contribution in [0.5, 0.6) is 0 Å². The predicted octanol–water partition coefficient (Wildman–Crippen LogP) is 3.43. The van der Waals surface area contributed by atoms with Crippen molar-refractivity contribution < 1.29 is 4.79 Å². The van der Waals surface area contributed by atoms with Crippen LogP contribution < -0.4 is 5.32 Å². The lowest BCUT2D eigenvalue weighted by Crippen LogP contribution is -2.38. The Labute approximate surface area is 169 Å². The van der Waals surface area contributed by atoms with E-state index in [1.54, 1.807) is 43.1 Å². The van der Waals surface area contributed by atoms with Crippen LogP contribution in [0.25, 0.3) is 6.08 Å². The fourth-order valence-electron chi connectivity index (χ4n) is 3.45. The molecule has 1 aliphatic heterocycles. The molecule has 0 bridgehead atoms. The first-order chi connectivity index (χ1) is 14.3. The first-order valence-electron chi connectivity index (χ1n) is 9.65. The van der Waals surface area contributed by atoms with Gasteiger partial charge in [0.1, 0.15) is 5.82 Å². The fraction of sp³-hybridized carbons (Fsp3) is 0.227. The number of pyridine rings is 2. The van der Waals surface area contributed by atoms with Gasteiger partial charge < -0.3 is 10.2 Å². The van der Waals surface area contributed by atoms with Gasteiger partial charge >= 0.3 is 0 Å². The van der Waals surface area contributed by atoms with Crippen LogP contribution in [0.2, 0.25) is 0 Å². The molecule has 7 heteroatoms. The lowest BCUT2D eigenvalue weighted by Gasteiger charge is -2.32. The van der Waals surface area contributed by atoms with Crippen LogP contribution in [0.1, 0.15) is 30.0 Å². The fourth-order valence-corrected chi connectivity index (χ4v) is 3.45. The minimum atomic E-state index is 0.00155. The maximum absolute atomic E-state index is 12.7. The predicted molar refractivity (Wildman–Crippen MR) is 111 cm³/mol. The second-order valence-electron chi connectivity index (χ2n) is 6.87. The van der Waals surface area contributed by atoms with Gasteiger partial charge in [0.05, 0.1) is 5.69 Å². The first kappa shape index (κ1) is 18.7. The van der Waals surface area contributed by atoms with Crippen LogP contribution in [0, 0.1) is 0 Å².